The zero-order valence-electron chi connectivity index (χ0n) is 7.93. The number of carbonyl (C=O) groups is 1. The largest absolute Gasteiger partial charge is 0.471 e. The van der Waals surface area contributed by atoms with Gasteiger partial charge in [-0.15, -0.1) is 0 Å². The number of aromatic nitrogens is 1. The Kier molecular flexibility index (Phi) is 3.28. The number of halogens is 3. The van der Waals surface area contributed by atoms with Crippen LogP contribution in [0.1, 0.15) is 11.1 Å². The van der Waals surface area contributed by atoms with Crippen molar-refractivity contribution in [2.75, 3.05) is 0 Å². The van der Waals surface area contributed by atoms with E-state index >= 15 is 0 Å². The number of hydrogen-bond donors (Lipinski definition) is 1. The Bertz CT molecular complexity index is 363. The summed E-state index contributed by atoms with van der Waals surface area (Å²) in [5.41, 5.74) is 1.35. The molecule has 0 spiro atoms. The number of carbonyl (C=O) groups excluding carboxylic acids is 1. The second kappa shape index (κ2) is 4.29. The standard InChI is InChI=1S/C9H9F3N2O/c1-6-4-13-3-2-7(6)5-14-8(15)9(10,11)12/h2-4H,5H2,1H3,(H,14,15). The van der Waals surface area contributed by atoms with Crippen LogP contribution in [0.4, 0.5) is 13.2 Å². The van der Waals surface area contributed by atoms with Crippen LogP contribution in [-0.2, 0) is 11.3 Å². The van der Waals surface area contributed by atoms with Crippen molar-refractivity contribution in [3.63, 3.8) is 0 Å². The van der Waals surface area contributed by atoms with Gasteiger partial charge < -0.3 is 5.32 Å². The molecule has 82 valence electrons. The van der Waals surface area contributed by atoms with Crippen LogP contribution in [0.25, 0.3) is 0 Å². The Labute approximate surface area is 84.3 Å². The molecule has 0 atom stereocenters. The molecule has 15 heavy (non-hydrogen) atoms. The summed E-state index contributed by atoms with van der Waals surface area (Å²) in [5, 5.41) is 1.79. The van der Waals surface area contributed by atoms with Crippen molar-refractivity contribution in [3.05, 3.63) is 29.6 Å². The van der Waals surface area contributed by atoms with E-state index in [2.05, 4.69) is 4.98 Å². The van der Waals surface area contributed by atoms with Gasteiger partial charge in [0.2, 0.25) is 0 Å². The van der Waals surface area contributed by atoms with Gasteiger partial charge in [0, 0.05) is 18.9 Å². The maximum absolute atomic E-state index is 11.8. The number of hydrogen-bond acceptors (Lipinski definition) is 2. The summed E-state index contributed by atoms with van der Waals surface area (Å²) in [7, 11) is 0. The zero-order chi connectivity index (χ0) is 11.5. The van der Waals surface area contributed by atoms with Gasteiger partial charge in [-0.05, 0) is 24.1 Å². The van der Waals surface area contributed by atoms with Gasteiger partial charge in [-0.25, -0.2) is 0 Å². The van der Waals surface area contributed by atoms with Crippen LogP contribution < -0.4 is 5.32 Å². The number of alkyl halides is 3. The molecule has 1 amide bonds. The SMILES string of the molecule is Cc1cnccc1CNC(=O)C(F)(F)F. The van der Waals surface area contributed by atoms with Crippen LogP contribution in [-0.4, -0.2) is 17.1 Å². The van der Waals surface area contributed by atoms with Crippen molar-refractivity contribution in [1.29, 1.82) is 0 Å². The van der Waals surface area contributed by atoms with Gasteiger partial charge in [0.1, 0.15) is 0 Å². The van der Waals surface area contributed by atoms with E-state index in [0.29, 0.717) is 5.56 Å². The number of nitrogens with zero attached hydrogens (tertiary/aromatic N) is 1. The molecule has 0 unspecified atom stereocenters. The molecule has 1 aromatic heterocycles. The van der Waals surface area contributed by atoms with Gasteiger partial charge in [-0.2, -0.15) is 13.2 Å². The molecule has 0 aliphatic heterocycles. The smallest absolute Gasteiger partial charge is 0.344 e. The highest BCUT2D eigenvalue weighted by atomic mass is 19.4. The molecule has 0 fully saturated rings. The maximum Gasteiger partial charge on any atom is 0.471 e. The summed E-state index contributed by atoms with van der Waals surface area (Å²) >= 11 is 0. The molecule has 1 aromatic rings. The van der Waals surface area contributed by atoms with Crippen molar-refractivity contribution in [3.8, 4) is 0 Å². The average molecular weight is 218 g/mol. The highest BCUT2D eigenvalue weighted by Gasteiger charge is 2.38. The van der Waals surface area contributed by atoms with Crippen molar-refractivity contribution in [2.45, 2.75) is 19.6 Å². The summed E-state index contributed by atoms with van der Waals surface area (Å²) in [6.07, 6.45) is -1.85. The quantitative estimate of drug-likeness (QED) is 0.818. The van der Waals surface area contributed by atoms with E-state index in [1.165, 1.54) is 12.4 Å². The molecule has 6 heteroatoms. The first-order valence-electron chi connectivity index (χ1n) is 4.16. The lowest BCUT2D eigenvalue weighted by atomic mass is 10.1. The molecule has 1 rings (SSSR count). The molecule has 0 aliphatic rings. The summed E-state index contributed by atoms with van der Waals surface area (Å²) < 4.78 is 35.5. The lowest BCUT2D eigenvalue weighted by Gasteiger charge is -2.09. The van der Waals surface area contributed by atoms with E-state index in [-0.39, 0.29) is 6.54 Å². The lowest BCUT2D eigenvalue weighted by Crippen LogP contribution is -2.36. The Morgan fingerprint density at radius 1 is 1.53 bits per heavy atom. The summed E-state index contributed by atoms with van der Waals surface area (Å²) in [4.78, 5) is 14.3. The fourth-order valence-corrected chi connectivity index (χ4v) is 0.976. The van der Waals surface area contributed by atoms with E-state index in [1.54, 1.807) is 18.3 Å². The lowest BCUT2D eigenvalue weighted by molar-refractivity contribution is -0.173. The monoisotopic (exact) mass is 218 g/mol. The van der Waals surface area contributed by atoms with Crippen LogP contribution in [0, 0.1) is 6.92 Å². The van der Waals surface area contributed by atoms with Crippen molar-refractivity contribution in [1.82, 2.24) is 10.3 Å². The molecule has 0 aliphatic carbocycles. The number of nitrogens with one attached hydrogen (secondary N) is 1. The van der Waals surface area contributed by atoms with Gasteiger partial charge in [-0.3, -0.25) is 9.78 Å². The molecule has 0 saturated carbocycles. The molecule has 0 bridgehead atoms. The Balaban J connectivity index is 2.59. The molecule has 3 nitrogen and oxygen atoms in total. The minimum Gasteiger partial charge on any atom is -0.344 e. The van der Waals surface area contributed by atoms with Gasteiger partial charge in [0.05, 0.1) is 0 Å². The number of aryl methyl sites for hydroxylation is 1. The second-order valence-corrected chi connectivity index (χ2v) is 2.98. The average Bonchev–Trinajstić information content (AvgIpc) is 2.14. The van der Waals surface area contributed by atoms with E-state index in [9.17, 15) is 18.0 Å². The topological polar surface area (TPSA) is 42.0 Å². The van der Waals surface area contributed by atoms with E-state index in [1.807, 2.05) is 0 Å². The Hall–Kier alpha value is -1.59. The normalized spacial score (nSPS) is 11.2. The summed E-state index contributed by atoms with van der Waals surface area (Å²) in [6.45, 7) is 1.56. The molecule has 1 heterocycles. The van der Waals surface area contributed by atoms with Gasteiger partial charge in [-0.1, -0.05) is 0 Å². The highest BCUT2D eigenvalue weighted by molar-refractivity contribution is 5.81. The predicted molar refractivity (Wildman–Crippen MR) is 46.9 cm³/mol. The summed E-state index contributed by atoms with van der Waals surface area (Å²) in [5.74, 6) is -1.93. The Morgan fingerprint density at radius 3 is 2.73 bits per heavy atom. The molecular weight excluding hydrogens is 209 g/mol. The summed E-state index contributed by atoms with van der Waals surface area (Å²) in [6, 6.07) is 1.56. The molecule has 0 saturated heterocycles. The predicted octanol–water partition coefficient (Wildman–Crippen LogP) is 1.57. The zero-order valence-corrected chi connectivity index (χ0v) is 7.93. The van der Waals surface area contributed by atoms with Crippen LogP contribution in [0.3, 0.4) is 0 Å². The minimum absolute atomic E-state index is 0.146. The van der Waals surface area contributed by atoms with Crippen molar-refractivity contribution >= 4 is 5.91 Å². The van der Waals surface area contributed by atoms with E-state index in [0.717, 1.165) is 5.56 Å². The fraction of sp³-hybridized carbons (Fsp3) is 0.333. The van der Waals surface area contributed by atoms with Crippen LogP contribution in [0.2, 0.25) is 0 Å². The molecule has 0 radical (unpaired) electrons. The number of amides is 1. The van der Waals surface area contributed by atoms with Crippen LogP contribution in [0.15, 0.2) is 18.5 Å². The molecular formula is C9H9F3N2O. The minimum atomic E-state index is -4.83. The third kappa shape index (κ3) is 3.23. The third-order valence-corrected chi connectivity index (χ3v) is 1.83. The third-order valence-electron chi connectivity index (χ3n) is 1.83. The second-order valence-electron chi connectivity index (χ2n) is 2.98. The van der Waals surface area contributed by atoms with Gasteiger partial charge in [0.15, 0.2) is 0 Å². The Morgan fingerprint density at radius 2 is 2.20 bits per heavy atom. The first-order valence-corrected chi connectivity index (χ1v) is 4.16. The number of pyridine rings is 1. The van der Waals surface area contributed by atoms with Crippen molar-refractivity contribution < 1.29 is 18.0 Å². The molecule has 0 aromatic carbocycles. The van der Waals surface area contributed by atoms with Gasteiger partial charge in [0.25, 0.3) is 0 Å². The van der Waals surface area contributed by atoms with Crippen LogP contribution >= 0.6 is 0 Å². The van der Waals surface area contributed by atoms with E-state index in [4.69, 9.17) is 0 Å². The fourth-order valence-electron chi connectivity index (χ4n) is 0.976. The van der Waals surface area contributed by atoms with Gasteiger partial charge >= 0.3 is 12.1 Å². The first kappa shape index (κ1) is 11.5. The highest BCUT2D eigenvalue weighted by Crippen LogP contribution is 2.14. The van der Waals surface area contributed by atoms with Crippen LogP contribution in [0.5, 0.6) is 0 Å². The van der Waals surface area contributed by atoms with E-state index < -0.39 is 12.1 Å². The maximum atomic E-state index is 11.8. The molecule has 1 N–H and O–H groups in total. The van der Waals surface area contributed by atoms with Crippen molar-refractivity contribution in [2.24, 2.45) is 0 Å². The number of rotatable bonds is 2. The first-order chi connectivity index (χ1) is 6.91.